The van der Waals surface area contributed by atoms with Gasteiger partial charge in [-0.05, 0) is 30.3 Å². The molecule has 5 nitrogen and oxygen atoms in total. The Bertz CT molecular complexity index is 757. The Morgan fingerprint density at radius 3 is 2.68 bits per heavy atom. The van der Waals surface area contributed by atoms with Crippen molar-refractivity contribution in [3.63, 3.8) is 0 Å². The van der Waals surface area contributed by atoms with Crippen LogP contribution in [0.25, 0.3) is 0 Å². The van der Waals surface area contributed by atoms with Crippen LogP contribution in [0.4, 0.5) is 11.5 Å². The van der Waals surface area contributed by atoms with Crippen molar-refractivity contribution in [3.05, 3.63) is 65.8 Å². The summed E-state index contributed by atoms with van der Waals surface area (Å²) in [4.78, 5) is 21.0. The monoisotopic (exact) mass is 356 g/mol. The molecule has 1 aliphatic rings. The second kappa shape index (κ2) is 8.03. The topological polar surface area (TPSA) is 48.5 Å². The van der Waals surface area contributed by atoms with Crippen molar-refractivity contribution in [2.24, 2.45) is 0 Å². The third kappa shape index (κ3) is 4.31. The number of carbonyl (C=O) groups excluding carboxylic acids is 1. The van der Waals surface area contributed by atoms with Crippen LogP contribution in [-0.4, -0.2) is 43.6 Å². The number of halogens is 1. The zero-order valence-corrected chi connectivity index (χ0v) is 14.7. The Balaban J connectivity index is 1.65. The molecule has 3 rings (SSSR count). The number of anilines is 2. The highest BCUT2D eigenvalue weighted by Gasteiger charge is 2.19. The summed E-state index contributed by atoms with van der Waals surface area (Å²) < 4.78 is 0. The molecule has 6 heteroatoms. The fraction of sp³-hybridized carbons (Fsp3) is 0.263. The molecule has 1 aliphatic heterocycles. The van der Waals surface area contributed by atoms with Crippen LogP contribution in [0, 0.1) is 0 Å². The highest BCUT2D eigenvalue weighted by molar-refractivity contribution is 6.30. The molecule has 1 amide bonds. The average Bonchev–Trinajstić information content (AvgIpc) is 2.66. The van der Waals surface area contributed by atoms with Crippen LogP contribution in [0.1, 0.15) is 10.4 Å². The van der Waals surface area contributed by atoms with Gasteiger partial charge in [-0.1, -0.05) is 23.7 Å². The normalized spacial score (nSPS) is 14.3. The molecule has 0 radical (unpaired) electrons. The van der Waals surface area contributed by atoms with E-state index in [-0.39, 0.29) is 5.91 Å². The van der Waals surface area contributed by atoms with Crippen molar-refractivity contribution in [2.75, 3.05) is 42.5 Å². The van der Waals surface area contributed by atoms with Gasteiger partial charge in [0.2, 0.25) is 0 Å². The number of piperazine rings is 1. The van der Waals surface area contributed by atoms with Crippen molar-refractivity contribution in [1.82, 2.24) is 10.3 Å². The summed E-state index contributed by atoms with van der Waals surface area (Å²) in [7, 11) is 0. The van der Waals surface area contributed by atoms with E-state index in [9.17, 15) is 4.79 Å². The smallest absolute Gasteiger partial charge is 0.251 e. The number of amides is 1. The summed E-state index contributed by atoms with van der Waals surface area (Å²) in [6, 6.07) is 11.5. The third-order valence-corrected chi connectivity index (χ3v) is 4.43. The molecule has 2 heterocycles. The molecule has 1 fully saturated rings. The van der Waals surface area contributed by atoms with Crippen LogP contribution in [0.3, 0.4) is 0 Å². The minimum atomic E-state index is -0.110. The van der Waals surface area contributed by atoms with Gasteiger partial charge in [0.1, 0.15) is 5.82 Å². The van der Waals surface area contributed by atoms with E-state index in [0.717, 1.165) is 42.7 Å². The number of hydrogen-bond donors (Lipinski definition) is 1. The zero-order valence-electron chi connectivity index (χ0n) is 14.0. The molecule has 2 aromatic rings. The first-order valence-electron chi connectivity index (χ1n) is 8.28. The number of nitrogens with one attached hydrogen (secondary N) is 1. The summed E-state index contributed by atoms with van der Waals surface area (Å²) in [5.74, 6) is 0.720. The Kier molecular flexibility index (Phi) is 5.56. The van der Waals surface area contributed by atoms with E-state index in [1.54, 1.807) is 18.3 Å². The summed E-state index contributed by atoms with van der Waals surface area (Å²) in [5.41, 5.74) is 1.75. The van der Waals surface area contributed by atoms with Gasteiger partial charge in [-0.15, -0.1) is 6.58 Å². The van der Waals surface area contributed by atoms with E-state index in [1.807, 2.05) is 24.3 Å². The van der Waals surface area contributed by atoms with Gasteiger partial charge < -0.3 is 15.1 Å². The van der Waals surface area contributed by atoms with Crippen LogP contribution >= 0.6 is 11.6 Å². The molecule has 0 bridgehead atoms. The van der Waals surface area contributed by atoms with Crippen molar-refractivity contribution >= 4 is 29.0 Å². The zero-order chi connectivity index (χ0) is 17.6. The first kappa shape index (κ1) is 17.3. The Morgan fingerprint density at radius 1 is 1.20 bits per heavy atom. The number of benzene rings is 1. The van der Waals surface area contributed by atoms with Gasteiger partial charge >= 0.3 is 0 Å². The number of nitrogens with zero attached hydrogens (tertiary/aromatic N) is 3. The number of carbonyl (C=O) groups is 1. The first-order chi connectivity index (χ1) is 12.2. The molecule has 25 heavy (non-hydrogen) atoms. The minimum Gasteiger partial charge on any atom is -0.368 e. The quantitative estimate of drug-likeness (QED) is 0.837. The molecule has 1 saturated heterocycles. The van der Waals surface area contributed by atoms with Gasteiger partial charge in [0.15, 0.2) is 0 Å². The van der Waals surface area contributed by atoms with Gasteiger partial charge in [0, 0.05) is 55.2 Å². The fourth-order valence-corrected chi connectivity index (χ4v) is 3.05. The van der Waals surface area contributed by atoms with Crippen molar-refractivity contribution in [2.45, 2.75) is 0 Å². The van der Waals surface area contributed by atoms with Gasteiger partial charge in [0.05, 0.1) is 0 Å². The molecule has 0 spiro atoms. The van der Waals surface area contributed by atoms with Gasteiger partial charge in [0.25, 0.3) is 5.91 Å². The molecule has 0 unspecified atom stereocenters. The van der Waals surface area contributed by atoms with Crippen LogP contribution in [0.5, 0.6) is 0 Å². The van der Waals surface area contributed by atoms with Crippen molar-refractivity contribution in [3.8, 4) is 0 Å². The highest BCUT2D eigenvalue weighted by atomic mass is 35.5. The molecule has 1 aromatic heterocycles. The standard InChI is InChI=1S/C19H21ClN4O/c1-2-7-22-19(25)15-6-8-21-18(13-15)24-11-9-23(10-12-24)17-5-3-4-16(20)14-17/h2-6,8,13-14H,1,7,9-12H2,(H,22,25). The maximum atomic E-state index is 12.1. The van der Waals surface area contributed by atoms with Crippen LogP contribution < -0.4 is 15.1 Å². The average molecular weight is 357 g/mol. The number of aromatic nitrogens is 1. The van der Waals surface area contributed by atoms with Crippen molar-refractivity contribution in [1.29, 1.82) is 0 Å². The summed E-state index contributed by atoms with van der Waals surface area (Å²) in [6.45, 7) is 7.52. The molecule has 0 atom stereocenters. The molecule has 1 aromatic carbocycles. The molecule has 0 saturated carbocycles. The highest BCUT2D eigenvalue weighted by Crippen LogP contribution is 2.22. The first-order valence-corrected chi connectivity index (χ1v) is 8.66. The van der Waals surface area contributed by atoms with E-state index < -0.39 is 0 Å². The molecule has 1 N–H and O–H groups in total. The predicted octanol–water partition coefficient (Wildman–Crippen LogP) is 2.98. The lowest BCUT2D eigenvalue weighted by atomic mass is 10.2. The SMILES string of the molecule is C=CCNC(=O)c1ccnc(N2CCN(c3cccc(Cl)c3)CC2)c1. The van der Waals surface area contributed by atoms with E-state index in [1.165, 1.54) is 0 Å². The Labute approximate surface area is 152 Å². The second-order valence-electron chi connectivity index (χ2n) is 5.86. The molecule has 0 aliphatic carbocycles. The summed E-state index contributed by atoms with van der Waals surface area (Å²) >= 11 is 6.08. The summed E-state index contributed by atoms with van der Waals surface area (Å²) in [5, 5.41) is 3.54. The van der Waals surface area contributed by atoms with Crippen LogP contribution in [-0.2, 0) is 0 Å². The summed E-state index contributed by atoms with van der Waals surface area (Å²) in [6.07, 6.45) is 3.34. The largest absolute Gasteiger partial charge is 0.368 e. The third-order valence-electron chi connectivity index (χ3n) is 4.19. The fourth-order valence-electron chi connectivity index (χ4n) is 2.87. The Hall–Kier alpha value is -2.53. The predicted molar refractivity (Wildman–Crippen MR) is 103 cm³/mol. The lowest BCUT2D eigenvalue weighted by Crippen LogP contribution is -2.46. The van der Waals surface area contributed by atoms with Gasteiger partial charge in [-0.2, -0.15) is 0 Å². The van der Waals surface area contributed by atoms with Crippen LogP contribution in [0.15, 0.2) is 55.3 Å². The maximum absolute atomic E-state index is 12.1. The van der Waals surface area contributed by atoms with E-state index in [2.05, 4.69) is 32.7 Å². The lowest BCUT2D eigenvalue weighted by Gasteiger charge is -2.36. The molecular weight excluding hydrogens is 336 g/mol. The van der Waals surface area contributed by atoms with Gasteiger partial charge in [-0.25, -0.2) is 4.98 Å². The molecule has 130 valence electrons. The number of rotatable bonds is 5. The maximum Gasteiger partial charge on any atom is 0.251 e. The van der Waals surface area contributed by atoms with E-state index in [0.29, 0.717) is 12.1 Å². The van der Waals surface area contributed by atoms with Gasteiger partial charge in [-0.3, -0.25) is 4.79 Å². The second-order valence-corrected chi connectivity index (χ2v) is 6.29. The minimum absolute atomic E-state index is 0.110. The number of hydrogen-bond acceptors (Lipinski definition) is 4. The number of pyridine rings is 1. The Morgan fingerprint density at radius 2 is 1.96 bits per heavy atom. The lowest BCUT2D eigenvalue weighted by molar-refractivity contribution is 0.0958. The van der Waals surface area contributed by atoms with E-state index >= 15 is 0 Å². The van der Waals surface area contributed by atoms with Crippen LogP contribution in [0.2, 0.25) is 5.02 Å². The van der Waals surface area contributed by atoms with E-state index in [4.69, 9.17) is 11.6 Å². The van der Waals surface area contributed by atoms with Crippen molar-refractivity contribution < 1.29 is 4.79 Å². The molecular formula is C19H21ClN4O.